The normalized spacial score (nSPS) is 12.5. The average Bonchev–Trinajstić information content (AvgIpc) is 2.79. The van der Waals surface area contributed by atoms with Crippen LogP contribution in [0.25, 0.3) is 21.9 Å². The molecule has 0 N–H and O–H groups in total. The molecule has 0 bridgehead atoms. The van der Waals surface area contributed by atoms with Crippen molar-refractivity contribution in [3.05, 3.63) is 69.3 Å². The van der Waals surface area contributed by atoms with E-state index in [-0.39, 0.29) is 0 Å². The highest BCUT2D eigenvalue weighted by Crippen LogP contribution is 2.41. The molecular formula is C17H11I. The quantitative estimate of drug-likeness (QED) is 0.394. The lowest BCUT2D eigenvalue weighted by Crippen LogP contribution is -1.85. The van der Waals surface area contributed by atoms with Gasteiger partial charge in [0.05, 0.1) is 0 Å². The Balaban J connectivity index is 2.10. The molecule has 1 heteroatoms. The first kappa shape index (κ1) is 10.6. The zero-order valence-electron chi connectivity index (χ0n) is 9.78. The monoisotopic (exact) mass is 342 g/mol. The van der Waals surface area contributed by atoms with Gasteiger partial charge >= 0.3 is 0 Å². The first-order chi connectivity index (χ1) is 8.84. The topological polar surface area (TPSA) is 0 Å². The van der Waals surface area contributed by atoms with Crippen molar-refractivity contribution in [2.45, 2.75) is 6.42 Å². The molecule has 0 heterocycles. The Bertz CT molecular complexity index is 772. The third-order valence-electron chi connectivity index (χ3n) is 3.80. The molecule has 0 spiro atoms. The van der Waals surface area contributed by atoms with Gasteiger partial charge in [0.25, 0.3) is 0 Å². The van der Waals surface area contributed by atoms with Crippen LogP contribution in [0.5, 0.6) is 0 Å². The van der Waals surface area contributed by atoms with Crippen LogP contribution in [0.1, 0.15) is 11.1 Å². The molecule has 0 radical (unpaired) electrons. The van der Waals surface area contributed by atoms with Gasteiger partial charge in [-0.05, 0) is 61.7 Å². The maximum Gasteiger partial charge on any atom is 0.0171 e. The first-order valence-electron chi connectivity index (χ1n) is 6.13. The van der Waals surface area contributed by atoms with Crippen LogP contribution >= 0.6 is 22.6 Å². The van der Waals surface area contributed by atoms with E-state index < -0.39 is 0 Å². The summed E-state index contributed by atoms with van der Waals surface area (Å²) in [5.41, 5.74) is 5.82. The number of fused-ring (bicyclic) bond motifs is 5. The zero-order valence-corrected chi connectivity index (χ0v) is 11.9. The molecule has 0 aliphatic heterocycles. The summed E-state index contributed by atoms with van der Waals surface area (Å²) in [5, 5.41) is 2.75. The van der Waals surface area contributed by atoms with Crippen molar-refractivity contribution >= 4 is 33.4 Å². The van der Waals surface area contributed by atoms with Gasteiger partial charge in [-0.25, -0.2) is 0 Å². The summed E-state index contributed by atoms with van der Waals surface area (Å²) in [7, 11) is 0. The van der Waals surface area contributed by atoms with Crippen LogP contribution in [0.3, 0.4) is 0 Å². The van der Waals surface area contributed by atoms with E-state index in [9.17, 15) is 0 Å². The highest BCUT2D eigenvalue weighted by molar-refractivity contribution is 14.1. The lowest BCUT2D eigenvalue weighted by molar-refractivity contribution is 1.26. The molecule has 3 aromatic carbocycles. The van der Waals surface area contributed by atoms with Crippen molar-refractivity contribution in [3.8, 4) is 11.1 Å². The Morgan fingerprint density at radius 2 is 1.56 bits per heavy atom. The number of hydrogen-bond donors (Lipinski definition) is 0. The summed E-state index contributed by atoms with van der Waals surface area (Å²) >= 11 is 2.45. The standard InChI is InChI=1S/C17H11I/c18-17-7-3-6-13-14-9-8-11-4-1-2-5-12(11)15(14)10-16(13)17/h1-9H,10H2. The molecule has 0 unspecified atom stereocenters. The van der Waals surface area contributed by atoms with E-state index in [1.165, 1.54) is 36.6 Å². The summed E-state index contributed by atoms with van der Waals surface area (Å²) in [5.74, 6) is 0. The second-order valence-corrected chi connectivity index (χ2v) is 5.92. The van der Waals surface area contributed by atoms with Gasteiger partial charge in [0.2, 0.25) is 0 Å². The maximum atomic E-state index is 2.45. The van der Waals surface area contributed by atoms with Crippen molar-refractivity contribution in [2.24, 2.45) is 0 Å². The van der Waals surface area contributed by atoms with Crippen molar-refractivity contribution in [3.63, 3.8) is 0 Å². The number of benzene rings is 3. The third-order valence-corrected chi connectivity index (χ3v) is 4.81. The SMILES string of the molecule is Ic1cccc2c1Cc1c-2ccc2ccccc12. The largest absolute Gasteiger partial charge is 0.0616 e. The van der Waals surface area contributed by atoms with E-state index in [1.807, 2.05) is 0 Å². The second kappa shape index (κ2) is 3.82. The molecule has 0 saturated heterocycles. The minimum atomic E-state index is 1.07. The van der Waals surface area contributed by atoms with E-state index in [0.717, 1.165) is 6.42 Å². The maximum absolute atomic E-state index is 2.45. The Hall–Kier alpha value is -1.35. The zero-order chi connectivity index (χ0) is 12.1. The van der Waals surface area contributed by atoms with E-state index >= 15 is 0 Å². The average molecular weight is 342 g/mol. The molecule has 0 nitrogen and oxygen atoms in total. The van der Waals surface area contributed by atoms with Crippen molar-refractivity contribution < 1.29 is 0 Å². The Kier molecular flexibility index (Phi) is 2.24. The molecule has 3 aromatic rings. The second-order valence-electron chi connectivity index (χ2n) is 4.76. The Morgan fingerprint density at radius 1 is 0.722 bits per heavy atom. The van der Waals surface area contributed by atoms with E-state index in [4.69, 9.17) is 0 Å². The molecule has 1 aliphatic carbocycles. The third kappa shape index (κ3) is 1.37. The summed E-state index contributed by atoms with van der Waals surface area (Å²) in [4.78, 5) is 0. The van der Waals surface area contributed by atoms with Crippen molar-refractivity contribution in [1.29, 1.82) is 0 Å². The smallest absolute Gasteiger partial charge is 0.0171 e. The Labute approximate surface area is 120 Å². The molecular weight excluding hydrogens is 331 g/mol. The van der Waals surface area contributed by atoms with Crippen LogP contribution in [-0.2, 0) is 6.42 Å². The predicted molar refractivity (Wildman–Crippen MR) is 84.9 cm³/mol. The van der Waals surface area contributed by atoms with Gasteiger partial charge in [0.1, 0.15) is 0 Å². The van der Waals surface area contributed by atoms with Crippen LogP contribution in [0.2, 0.25) is 0 Å². The minimum Gasteiger partial charge on any atom is -0.0616 e. The fourth-order valence-corrected chi connectivity index (χ4v) is 3.64. The highest BCUT2D eigenvalue weighted by atomic mass is 127. The highest BCUT2D eigenvalue weighted by Gasteiger charge is 2.21. The molecule has 0 aromatic heterocycles. The molecule has 18 heavy (non-hydrogen) atoms. The van der Waals surface area contributed by atoms with Gasteiger partial charge in [-0.1, -0.05) is 48.5 Å². The van der Waals surface area contributed by atoms with E-state index in [2.05, 4.69) is 77.2 Å². The van der Waals surface area contributed by atoms with Gasteiger partial charge in [0, 0.05) is 9.99 Å². The van der Waals surface area contributed by atoms with E-state index in [1.54, 1.807) is 0 Å². The molecule has 0 atom stereocenters. The molecule has 1 aliphatic rings. The Morgan fingerprint density at radius 3 is 2.50 bits per heavy atom. The summed E-state index contributed by atoms with van der Waals surface area (Å²) in [6.45, 7) is 0. The predicted octanol–water partition coefficient (Wildman–Crippen LogP) is 5.02. The van der Waals surface area contributed by atoms with Crippen LogP contribution in [0.15, 0.2) is 54.6 Å². The molecule has 4 rings (SSSR count). The summed E-state index contributed by atoms with van der Waals surface area (Å²) in [6.07, 6.45) is 1.07. The summed E-state index contributed by atoms with van der Waals surface area (Å²) in [6, 6.07) is 19.8. The van der Waals surface area contributed by atoms with Crippen molar-refractivity contribution in [1.82, 2.24) is 0 Å². The number of halogens is 1. The number of hydrogen-bond acceptors (Lipinski definition) is 0. The van der Waals surface area contributed by atoms with Gasteiger partial charge in [-0.2, -0.15) is 0 Å². The van der Waals surface area contributed by atoms with Gasteiger partial charge in [-0.15, -0.1) is 0 Å². The molecule has 86 valence electrons. The van der Waals surface area contributed by atoms with Crippen LogP contribution in [0, 0.1) is 3.57 Å². The van der Waals surface area contributed by atoms with Gasteiger partial charge in [-0.3, -0.25) is 0 Å². The molecule has 0 saturated carbocycles. The molecule has 0 amide bonds. The first-order valence-corrected chi connectivity index (χ1v) is 7.21. The molecule has 0 fully saturated rings. The summed E-state index contributed by atoms with van der Waals surface area (Å²) < 4.78 is 1.38. The van der Waals surface area contributed by atoms with Crippen LogP contribution in [0.4, 0.5) is 0 Å². The minimum absolute atomic E-state index is 1.07. The van der Waals surface area contributed by atoms with Gasteiger partial charge < -0.3 is 0 Å². The lowest BCUT2D eigenvalue weighted by Gasteiger charge is -2.05. The lowest BCUT2D eigenvalue weighted by atomic mass is 9.99. The van der Waals surface area contributed by atoms with Crippen LogP contribution in [-0.4, -0.2) is 0 Å². The van der Waals surface area contributed by atoms with Gasteiger partial charge in [0.15, 0.2) is 0 Å². The fourth-order valence-electron chi connectivity index (χ4n) is 2.95. The fraction of sp³-hybridized carbons (Fsp3) is 0.0588. The van der Waals surface area contributed by atoms with Crippen molar-refractivity contribution in [2.75, 3.05) is 0 Å². The number of rotatable bonds is 0. The van der Waals surface area contributed by atoms with E-state index in [0.29, 0.717) is 0 Å². The van der Waals surface area contributed by atoms with Crippen LogP contribution < -0.4 is 0 Å².